The fourth-order valence-corrected chi connectivity index (χ4v) is 3.27. The van der Waals surface area contributed by atoms with Gasteiger partial charge in [-0.2, -0.15) is 0 Å². The molecular weight excluding hydrogens is 388 g/mol. The molecule has 1 saturated heterocycles. The normalized spacial score (nSPS) is 16.3. The molecule has 0 spiro atoms. The number of hydrogen-bond acceptors (Lipinski definition) is 3. The summed E-state index contributed by atoms with van der Waals surface area (Å²) in [5.41, 5.74) is 8.61. The Bertz CT molecular complexity index is 710. The fraction of sp³-hybridized carbons (Fsp3) is 0.350. The second kappa shape index (κ2) is 11.1. The zero-order chi connectivity index (χ0) is 17.6. The van der Waals surface area contributed by atoms with Crippen LogP contribution >= 0.6 is 24.8 Å². The molecule has 1 aliphatic rings. The van der Waals surface area contributed by atoms with Crippen LogP contribution in [0.25, 0.3) is 0 Å². The maximum absolute atomic E-state index is 13.0. The molecule has 0 aliphatic carbocycles. The maximum atomic E-state index is 13.0. The first-order valence-corrected chi connectivity index (χ1v) is 8.72. The van der Waals surface area contributed by atoms with Crippen LogP contribution in [0.2, 0.25) is 0 Å². The molecule has 3 N–H and O–H groups in total. The number of nitrogen functional groups attached to an aromatic ring is 1. The SMILES string of the molecule is Cl.Cl.Nc1ccc(CCNC(=O)C2CCCN2Cc2ccc(F)cc2)cc1. The predicted octanol–water partition coefficient (Wildman–Crippen LogP) is 3.57. The lowest BCUT2D eigenvalue weighted by Crippen LogP contribution is -2.43. The smallest absolute Gasteiger partial charge is 0.237 e. The average molecular weight is 414 g/mol. The summed E-state index contributed by atoms with van der Waals surface area (Å²) >= 11 is 0. The summed E-state index contributed by atoms with van der Waals surface area (Å²) in [6.07, 6.45) is 2.67. The minimum atomic E-state index is -0.234. The molecule has 1 heterocycles. The first-order valence-electron chi connectivity index (χ1n) is 8.72. The van der Waals surface area contributed by atoms with Crippen LogP contribution in [0.5, 0.6) is 0 Å². The van der Waals surface area contributed by atoms with E-state index in [0.717, 1.165) is 42.6 Å². The zero-order valence-electron chi connectivity index (χ0n) is 15.1. The van der Waals surface area contributed by atoms with Gasteiger partial charge in [-0.3, -0.25) is 9.69 Å². The number of rotatable bonds is 6. The summed E-state index contributed by atoms with van der Waals surface area (Å²) < 4.78 is 13.0. The summed E-state index contributed by atoms with van der Waals surface area (Å²) in [6, 6.07) is 14.1. The minimum absolute atomic E-state index is 0. The van der Waals surface area contributed by atoms with Crippen molar-refractivity contribution in [2.45, 2.75) is 31.8 Å². The van der Waals surface area contributed by atoms with Crippen LogP contribution in [0.15, 0.2) is 48.5 Å². The molecule has 1 atom stereocenters. The van der Waals surface area contributed by atoms with E-state index in [9.17, 15) is 9.18 Å². The van der Waals surface area contributed by atoms with Gasteiger partial charge in [0.1, 0.15) is 5.82 Å². The van der Waals surface area contributed by atoms with E-state index in [4.69, 9.17) is 5.73 Å². The summed E-state index contributed by atoms with van der Waals surface area (Å²) in [5.74, 6) is -0.155. The third-order valence-electron chi connectivity index (χ3n) is 4.66. The first-order chi connectivity index (χ1) is 12.1. The van der Waals surface area contributed by atoms with Crippen LogP contribution in [0, 0.1) is 5.82 Å². The molecule has 0 bridgehead atoms. The van der Waals surface area contributed by atoms with Gasteiger partial charge >= 0.3 is 0 Å². The third kappa shape index (κ3) is 6.69. The van der Waals surface area contributed by atoms with Crippen molar-refractivity contribution in [3.63, 3.8) is 0 Å². The lowest BCUT2D eigenvalue weighted by Gasteiger charge is -2.23. The van der Waals surface area contributed by atoms with Crippen LogP contribution < -0.4 is 11.1 Å². The van der Waals surface area contributed by atoms with E-state index in [1.165, 1.54) is 12.1 Å². The Hall–Kier alpha value is -1.82. The molecule has 3 rings (SSSR count). The molecule has 1 unspecified atom stereocenters. The van der Waals surface area contributed by atoms with Crippen molar-refractivity contribution in [1.82, 2.24) is 10.2 Å². The lowest BCUT2D eigenvalue weighted by molar-refractivity contribution is -0.125. The van der Waals surface area contributed by atoms with E-state index in [1.807, 2.05) is 24.3 Å². The number of anilines is 1. The van der Waals surface area contributed by atoms with Crippen molar-refractivity contribution in [1.29, 1.82) is 0 Å². The highest BCUT2D eigenvalue weighted by Gasteiger charge is 2.30. The van der Waals surface area contributed by atoms with Gasteiger partial charge in [0.2, 0.25) is 5.91 Å². The Morgan fingerprint density at radius 1 is 1.07 bits per heavy atom. The molecule has 1 fully saturated rings. The van der Waals surface area contributed by atoms with Gasteiger partial charge in [0.25, 0.3) is 0 Å². The number of nitrogens with two attached hydrogens (primary N) is 1. The quantitative estimate of drug-likeness (QED) is 0.711. The molecule has 2 aromatic rings. The standard InChI is InChI=1S/C20H24FN3O.2ClH/c21-17-7-3-16(4-8-17)14-24-13-1-2-19(24)20(25)23-12-11-15-5-9-18(22)10-6-15;;/h3-10,19H,1-2,11-14,22H2,(H,23,25);2*1H. The highest BCUT2D eigenvalue weighted by Crippen LogP contribution is 2.20. The molecule has 0 radical (unpaired) electrons. The zero-order valence-corrected chi connectivity index (χ0v) is 16.7. The van der Waals surface area contributed by atoms with Crippen molar-refractivity contribution in [3.8, 4) is 0 Å². The van der Waals surface area contributed by atoms with Gasteiger partial charge in [0, 0.05) is 18.8 Å². The Balaban J connectivity index is 0.00000182. The maximum Gasteiger partial charge on any atom is 0.237 e. The largest absolute Gasteiger partial charge is 0.399 e. The minimum Gasteiger partial charge on any atom is -0.399 e. The van der Waals surface area contributed by atoms with Gasteiger partial charge in [-0.1, -0.05) is 24.3 Å². The highest BCUT2D eigenvalue weighted by atomic mass is 35.5. The van der Waals surface area contributed by atoms with Crippen LogP contribution in [0.3, 0.4) is 0 Å². The first kappa shape index (κ1) is 23.2. The van der Waals surface area contributed by atoms with E-state index in [2.05, 4.69) is 10.2 Å². The van der Waals surface area contributed by atoms with Gasteiger partial charge in [0.15, 0.2) is 0 Å². The molecule has 1 amide bonds. The van der Waals surface area contributed by atoms with E-state index in [-0.39, 0.29) is 42.6 Å². The Morgan fingerprint density at radius 3 is 2.37 bits per heavy atom. The molecule has 0 saturated carbocycles. The van der Waals surface area contributed by atoms with Crippen molar-refractivity contribution in [2.75, 3.05) is 18.8 Å². The van der Waals surface area contributed by atoms with E-state index < -0.39 is 0 Å². The van der Waals surface area contributed by atoms with Gasteiger partial charge in [-0.25, -0.2) is 4.39 Å². The van der Waals surface area contributed by atoms with Crippen LogP contribution in [-0.2, 0) is 17.8 Å². The topological polar surface area (TPSA) is 58.4 Å². The van der Waals surface area contributed by atoms with Crippen LogP contribution in [0.4, 0.5) is 10.1 Å². The number of carbonyl (C=O) groups excluding carboxylic acids is 1. The molecule has 1 aliphatic heterocycles. The Labute approximate surface area is 172 Å². The summed E-state index contributed by atoms with van der Waals surface area (Å²) in [6.45, 7) is 2.19. The molecule has 27 heavy (non-hydrogen) atoms. The van der Waals surface area contributed by atoms with Gasteiger partial charge < -0.3 is 11.1 Å². The number of benzene rings is 2. The Kier molecular flexibility index (Phi) is 9.56. The van der Waals surface area contributed by atoms with Crippen molar-refractivity contribution in [2.24, 2.45) is 0 Å². The second-order valence-corrected chi connectivity index (χ2v) is 6.54. The third-order valence-corrected chi connectivity index (χ3v) is 4.66. The molecule has 4 nitrogen and oxygen atoms in total. The molecule has 0 aromatic heterocycles. The van der Waals surface area contributed by atoms with Crippen LogP contribution in [0.1, 0.15) is 24.0 Å². The van der Waals surface area contributed by atoms with Crippen LogP contribution in [-0.4, -0.2) is 29.9 Å². The number of carbonyl (C=O) groups is 1. The van der Waals surface area contributed by atoms with E-state index >= 15 is 0 Å². The van der Waals surface area contributed by atoms with Gasteiger partial charge in [-0.05, 0) is 61.2 Å². The summed E-state index contributed by atoms with van der Waals surface area (Å²) in [4.78, 5) is 14.7. The summed E-state index contributed by atoms with van der Waals surface area (Å²) in [5, 5.41) is 3.04. The number of hydrogen-bond donors (Lipinski definition) is 2. The number of likely N-dealkylation sites (tertiary alicyclic amines) is 1. The average Bonchev–Trinajstić information content (AvgIpc) is 3.07. The molecule has 2 aromatic carbocycles. The lowest BCUT2D eigenvalue weighted by atomic mass is 10.1. The number of halogens is 3. The van der Waals surface area contributed by atoms with E-state index in [0.29, 0.717) is 13.1 Å². The molecule has 148 valence electrons. The fourth-order valence-electron chi connectivity index (χ4n) is 3.27. The molecular formula is C20H26Cl2FN3O. The monoisotopic (exact) mass is 413 g/mol. The van der Waals surface area contributed by atoms with Gasteiger partial charge in [-0.15, -0.1) is 24.8 Å². The van der Waals surface area contributed by atoms with Crippen molar-refractivity contribution >= 4 is 36.4 Å². The van der Waals surface area contributed by atoms with E-state index in [1.54, 1.807) is 12.1 Å². The highest BCUT2D eigenvalue weighted by molar-refractivity contribution is 5.85. The van der Waals surface area contributed by atoms with Gasteiger partial charge in [0.05, 0.1) is 6.04 Å². The number of amides is 1. The number of nitrogens with one attached hydrogen (secondary N) is 1. The summed E-state index contributed by atoms with van der Waals surface area (Å²) in [7, 11) is 0. The number of nitrogens with zero attached hydrogens (tertiary/aromatic N) is 1. The van der Waals surface area contributed by atoms with Crippen molar-refractivity contribution < 1.29 is 9.18 Å². The second-order valence-electron chi connectivity index (χ2n) is 6.54. The Morgan fingerprint density at radius 2 is 1.70 bits per heavy atom. The predicted molar refractivity (Wildman–Crippen MR) is 112 cm³/mol. The molecule has 7 heteroatoms. The van der Waals surface area contributed by atoms with Crippen molar-refractivity contribution in [3.05, 3.63) is 65.5 Å².